The maximum absolute atomic E-state index is 2.60. The maximum atomic E-state index is 2.60. The first kappa shape index (κ1) is 23.8. The summed E-state index contributed by atoms with van der Waals surface area (Å²) < 4.78 is 0. The highest BCUT2D eigenvalue weighted by molar-refractivity contribution is 7.98. The molecule has 0 aliphatic carbocycles. The molecule has 0 fully saturated rings. The predicted octanol–water partition coefficient (Wildman–Crippen LogP) is 7.65. The zero-order chi connectivity index (χ0) is 19.9. The highest BCUT2D eigenvalue weighted by Gasteiger charge is 2.10. The number of benzene rings is 2. The van der Waals surface area contributed by atoms with Crippen LogP contribution in [-0.2, 0) is 13.1 Å². The van der Waals surface area contributed by atoms with Gasteiger partial charge in [-0.2, -0.15) is 0 Å². The van der Waals surface area contributed by atoms with E-state index in [-0.39, 0.29) is 0 Å². The molecule has 1 nitrogen and oxygen atoms in total. The number of nitrogens with zero attached hydrogens (tertiary/aromatic N) is 1. The Bertz CT molecular complexity index is 579. The second-order valence-corrected chi connectivity index (χ2v) is 7.96. The number of rotatable bonds is 11. The molecular formula is C25H39NS. The van der Waals surface area contributed by atoms with E-state index in [2.05, 4.69) is 79.6 Å². The van der Waals surface area contributed by atoms with Crippen LogP contribution in [0.25, 0.3) is 0 Å². The molecule has 0 aromatic heterocycles. The van der Waals surface area contributed by atoms with Crippen LogP contribution in [0.4, 0.5) is 0 Å². The second-order valence-electron chi connectivity index (χ2n) is 7.08. The lowest BCUT2D eigenvalue weighted by Gasteiger charge is -2.24. The van der Waals surface area contributed by atoms with Crippen molar-refractivity contribution in [2.75, 3.05) is 12.8 Å². The van der Waals surface area contributed by atoms with Crippen molar-refractivity contribution in [2.24, 2.45) is 5.92 Å². The van der Waals surface area contributed by atoms with Gasteiger partial charge in [-0.3, -0.25) is 4.90 Å². The lowest BCUT2D eigenvalue weighted by molar-refractivity contribution is 0.235. The zero-order valence-electron chi connectivity index (χ0n) is 18.1. The number of hydrogen-bond acceptors (Lipinski definition) is 2. The molecule has 2 aromatic carbocycles. The SMILES string of the molecule is CC.CCCCC(C)CCN(Cc1ccccc1)Cc1ccc(SC)cc1. The number of hydrogen-bond donors (Lipinski definition) is 0. The lowest BCUT2D eigenvalue weighted by Crippen LogP contribution is -2.25. The molecule has 150 valence electrons. The summed E-state index contributed by atoms with van der Waals surface area (Å²) in [4.78, 5) is 3.94. The quantitative estimate of drug-likeness (QED) is 0.365. The minimum atomic E-state index is 0.817. The maximum Gasteiger partial charge on any atom is 0.0237 e. The van der Waals surface area contributed by atoms with Crippen molar-refractivity contribution in [3.63, 3.8) is 0 Å². The van der Waals surface area contributed by atoms with Crippen molar-refractivity contribution in [2.45, 2.75) is 71.4 Å². The van der Waals surface area contributed by atoms with Crippen molar-refractivity contribution < 1.29 is 0 Å². The van der Waals surface area contributed by atoms with E-state index < -0.39 is 0 Å². The largest absolute Gasteiger partial charge is 0.295 e. The van der Waals surface area contributed by atoms with Gasteiger partial charge in [0.1, 0.15) is 0 Å². The molecule has 1 unspecified atom stereocenters. The van der Waals surface area contributed by atoms with Gasteiger partial charge in [-0.05, 0) is 48.4 Å². The molecule has 0 aliphatic heterocycles. The van der Waals surface area contributed by atoms with Crippen LogP contribution in [0.2, 0.25) is 0 Å². The molecule has 0 aliphatic rings. The molecule has 0 heterocycles. The Morgan fingerprint density at radius 3 is 2.00 bits per heavy atom. The first-order chi connectivity index (χ1) is 13.2. The van der Waals surface area contributed by atoms with E-state index in [1.54, 1.807) is 0 Å². The van der Waals surface area contributed by atoms with E-state index >= 15 is 0 Å². The van der Waals surface area contributed by atoms with Gasteiger partial charge in [-0.1, -0.05) is 89.4 Å². The Balaban J connectivity index is 0.00000176. The van der Waals surface area contributed by atoms with E-state index in [1.807, 2.05) is 25.6 Å². The molecular weight excluding hydrogens is 346 g/mol. The van der Waals surface area contributed by atoms with Gasteiger partial charge in [0, 0.05) is 18.0 Å². The Hall–Kier alpha value is -1.25. The molecule has 0 bridgehead atoms. The van der Waals surface area contributed by atoms with E-state index in [0.717, 1.165) is 19.0 Å². The van der Waals surface area contributed by atoms with E-state index in [9.17, 15) is 0 Å². The Morgan fingerprint density at radius 1 is 0.852 bits per heavy atom. The average molecular weight is 386 g/mol. The molecule has 0 spiro atoms. The zero-order valence-corrected chi connectivity index (χ0v) is 18.9. The third-order valence-corrected chi connectivity index (χ3v) is 5.55. The summed E-state index contributed by atoms with van der Waals surface area (Å²) in [6.07, 6.45) is 7.44. The van der Waals surface area contributed by atoms with Crippen LogP contribution in [0.3, 0.4) is 0 Å². The van der Waals surface area contributed by atoms with Crippen LogP contribution >= 0.6 is 11.8 Å². The van der Waals surface area contributed by atoms with Crippen LogP contribution in [0.15, 0.2) is 59.5 Å². The molecule has 2 rings (SSSR count). The first-order valence-electron chi connectivity index (χ1n) is 10.6. The third-order valence-electron chi connectivity index (χ3n) is 4.80. The number of thioether (sulfide) groups is 1. The van der Waals surface area contributed by atoms with Gasteiger partial charge in [0.2, 0.25) is 0 Å². The van der Waals surface area contributed by atoms with Gasteiger partial charge in [-0.25, -0.2) is 0 Å². The average Bonchev–Trinajstić information content (AvgIpc) is 2.73. The van der Waals surface area contributed by atoms with Crippen molar-refractivity contribution in [1.82, 2.24) is 4.90 Å². The topological polar surface area (TPSA) is 3.24 Å². The van der Waals surface area contributed by atoms with E-state index in [4.69, 9.17) is 0 Å². The van der Waals surface area contributed by atoms with Gasteiger partial charge in [-0.15, -0.1) is 11.8 Å². The molecule has 2 heteroatoms. The monoisotopic (exact) mass is 385 g/mol. The molecule has 0 radical (unpaired) electrons. The highest BCUT2D eigenvalue weighted by Crippen LogP contribution is 2.18. The van der Waals surface area contributed by atoms with Crippen molar-refractivity contribution in [1.29, 1.82) is 0 Å². The predicted molar refractivity (Wildman–Crippen MR) is 123 cm³/mol. The smallest absolute Gasteiger partial charge is 0.0237 e. The van der Waals surface area contributed by atoms with Gasteiger partial charge >= 0.3 is 0 Å². The Labute approximate surface area is 172 Å². The fraction of sp³-hybridized carbons (Fsp3) is 0.520. The minimum Gasteiger partial charge on any atom is -0.295 e. The minimum absolute atomic E-state index is 0.817. The fourth-order valence-electron chi connectivity index (χ4n) is 3.14. The molecule has 0 amide bonds. The standard InChI is InChI=1S/C23H33NS.C2H6/c1-4-5-9-20(2)16-17-24(18-21-10-7-6-8-11-21)19-22-12-14-23(25-3)15-13-22;1-2/h6-8,10-15,20H,4-5,9,16-19H2,1-3H3;1-2H3. The fourth-order valence-corrected chi connectivity index (χ4v) is 3.55. The van der Waals surface area contributed by atoms with Crippen molar-refractivity contribution in [3.8, 4) is 0 Å². The van der Waals surface area contributed by atoms with Crippen LogP contribution < -0.4 is 0 Å². The van der Waals surface area contributed by atoms with Gasteiger partial charge < -0.3 is 0 Å². The summed E-state index contributed by atoms with van der Waals surface area (Å²) in [7, 11) is 0. The second kappa shape index (κ2) is 14.8. The van der Waals surface area contributed by atoms with Crippen LogP contribution in [0.5, 0.6) is 0 Å². The van der Waals surface area contributed by atoms with Crippen LogP contribution in [0.1, 0.15) is 64.5 Å². The van der Waals surface area contributed by atoms with Crippen molar-refractivity contribution in [3.05, 3.63) is 65.7 Å². The Morgan fingerprint density at radius 2 is 1.44 bits per heavy atom. The van der Waals surface area contributed by atoms with Crippen molar-refractivity contribution >= 4 is 11.8 Å². The first-order valence-corrected chi connectivity index (χ1v) is 11.8. The number of unbranched alkanes of at least 4 members (excludes halogenated alkanes) is 1. The van der Waals surface area contributed by atoms with Crippen LogP contribution in [0, 0.1) is 5.92 Å². The summed E-state index contributed by atoms with van der Waals surface area (Å²) >= 11 is 1.81. The molecule has 0 saturated carbocycles. The van der Waals surface area contributed by atoms with Gasteiger partial charge in [0.15, 0.2) is 0 Å². The summed E-state index contributed by atoms with van der Waals surface area (Å²) in [6, 6.07) is 19.9. The summed E-state index contributed by atoms with van der Waals surface area (Å²) in [6.45, 7) is 11.9. The third kappa shape index (κ3) is 10.0. The summed E-state index contributed by atoms with van der Waals surface area (Å²) in [5, 5.41) is 0. The van der Waals surface area contributed by atoms with Gasteiger partial charge in [0.05, 0.1) is 0 Å². The molecule has 0 N–H and O–H groups in total. The van der Waals surface area contributed by atoms with E-state index in [1.165, 1.54) is 48.3 Å². The van der Waals surface area contributed by atoms with Crippen LogP contribution in [-0.4, -0.2) is 17.7 Å². The highest BCUT2D eigenvalue weighted by atomic mass is 32.2. The lowest BCUT2D eigenvalue weighted by atomic mass is 10.0. The molecule has 0 saturated heterocycles. The Kier molecular flexibility index (Phi) is 13.0. The van der Waals surface area contributed by atoms with Gasteiger partial charge in [0.25, 0.3) is 0 Å². The normalized spacial score (nSPS) is 11.8. The summed E-state index contributed by atoms with van der Waals surface area (Å²) in [5.41, 5.74) is 2.82. The summed E-state index contributed by atoms with van der Waals surface area (Å²) in [5.74, 6) is 0.817. The van der Waals surface area contributed by atoms with E-state index in [0.29, 0.717) is 0 Å². The molecule has 27 heavy (non-hydrogen) atoms. The molecule has 2 aromatic rings. The molecule has 1 atom stereocenters.